The summed E-state index contributed by atoms with van der Waals surface area (Å²) in [5, 5.41) is 3.50. The maximum absolute atomic E-state index is 11.8. The molecule has 0 aromatic heterocycles. The van der Waals surface area contributed by atoms with Gasteiger partial charge < -0.3 is 11.1 Å². The van der Waals surface area contributed by atoms with Gasteiger partial charge in [0.2, 0.25) is 5.91 Å². The van der Waals surface area contributed by atoms with Crippen molar-refractivity contribution in [3.05, 3.63) is 34.9 Å². The molecule has 3 nitrogen and oxygen atoms in total. The molecule has 1 rings (SSSR count). The highest BCUT2D eigenvalue weighted by atomic mass is 35.5. The maximum atomic E-state index is 11.8. The molecule has 0 aliphatic carbocycles. The lowest BCUT2D eigenvalue weighted by atomic mass is 10.1. The first-order valence-electron chi connectivity index (χ1n) is 5.86. The Hall–Kier alpha value is -1.13. The fourth-order valence-corrected chi connectivity index (χ4v) is 1.91. The number of nitrogens with one attached hydrogen (secondary N) is 1. The molecule has 0 spiro atoms. The van der Waals surface area contributed by atoms with Gasteiger partial charge in [-0.25, -0.2) is 0 Å². The van der Waals surface area contributed by atoms with E-state index in [0.717, 1.165) is 18.4 Å². The van der Waals surface area contributed by atoms with E-state index in [1.807, 2.05) is 19.1 Å². The highest BCUT2D eigenvalue weighted by molar-refractivity contribution is 7.80. The van der Waals surface area contributed by atoms with E-state index < -0.39 is 0 Å². The SMILES string of the molecule is CCCC(NC(=O)Cc1ccc(Cl)cc1)C(N)=S. The second-order valence-corrected chi connectivity index (χ2v) is 5.02. The monoisotopic (exact) mass is 284 g/mol. The molecule has 1 atom stereocenters. The summed E-state index contributed by atoms with van der Waals surface area (Å²) in [6, 6.07) is 6.97. The predicted molar refractivity (Wildman–Crippen MR) is 78.8 cm³/mol. The van der Waals surface area contributed by atoms with Crippen LogP contribution in [-0.4, -0.2) is 16.9 Å². The average molecular weight is 285 g/mol. The smallest absolute Gasteiger partial charge is 0.224 e. The lowest BCUT2D eigenvalue weighted by Crippen LogP contribution is -2.43. The van der Waals surface area contributed by atoms with Crippen LogP contribution in [0.2, 0.25) is 5.02 Å². The molecule has 1 aromatic carbocycles. The van der Waals surface area contributed by atoms with Gasteiger partial charge in [-0.3, -0.25) is 4.79 Å². The number of carbonyl (C=O) groups excluding carboxylic acids is 1. The molecular weight excluding hydrogens is 268 g/mol. The van der Waals surface area contributed by atoms with Gasteiger partial charge in [0.05, 0.1) is 17.5 Å². The lowest BCUT2D eigenvalue weighted by Gasteiger charge is -2.16. The number of hydrogen-bond acceptors (Lipinski definition) is 2. The van der Waals surface area contributed by atoms with Gasteiger partial charge in [0, 0.05) is 5.02 Å². The molecule has 3 N–H and O–H groups in total. The van der Waals surface area contributed by atoms with Crippen LogP contribution in [0.25, 0.3) is 0 Å². The zero-order chi connectivity index (χ0) is 13.5. The topological polar surface area (TPSA) is 55.1 Å². The van der Waals surface area contributed by atoms with Crippen molar-refractivity contribution in [1.29, 1.82) is 0 Å². The zero-order valence-corrected chi connectivity index (χ0v) is 11.9. The highest BCUT2D eigenvalue weighted by Crippen LogP contribution is 2.10. The largest absolute Gasteiger partial charge is 0.392 e. The Bertz CT molecular complexity index is 420. The minimum Gasteiger partial charge on any atom is -0.392 e. The number of rotatable bonds is 6. The number of nitrogens with two attached hydrogens (primary N) is 1. The summed E-state index contributed by atoms with van der Waals surface area (Å²) in [4.78, 5) is 12.2. The van der Waals surface area contributed by atoms with Gasteiger partial charge in [-0.2, -0.15) is 0 Å². The van der Waals surface area contributed by atoms with Crippen LogP contribution in [0, 0.1) is 0 Å². The van der Waals surface area contributed by atoms with E-state index >= 15 is 0 Å². The van der Waals surface area contributed by atoms with Gasteiger partial charge in [0.1, 0.15) is 0 Å². The van der Waals surface area contributed by atoms with Crippen molar-refractivity contribution in [2.24, 2.45) is 5.73 Å². The van der Waals surface area contributed by atoms with Crippen molar-refractivity contribution in [3.63, 3.8) is 0 Å². The van der Waals surface area contributed by atoms with Crippen LogP contribution in [0.4, 0.5) is 0 Å². The summed E-state index contributed by atoms with van der Waals surface area (Å²) >= 11 is 10.7. The molecule has 0 bridgehead atoms. The highest BCUT2D eigenvalue weighted by Gasteiger charge is 2.14. The Balaban J connectivity index is 2.54. The number of hydrogen-bond donors (Lipinski definition) is 2. The van der Waals surface area contributed by atoms with Crippen LogP contribution in [0.15, 0.2) is 24.3 Å². The third kappa shape index (κ3) is 5.02. The van der Waals surface area contributed by atoms with E-state index in [1.54, 1.807) is 12.1 Å². The molecule has 1 unspecified atom stereocenters. The van der Waals surface area contributed by atoms with Crippen LogP contribution in [0.5, 0.6) is 0 Å². The van der Waals surface area contributed by atoms with Crippen LogP contribution in [-0.2, 0) is 11.2 Å². The van der Waals surface area contributed by atoms with E-state index in [9.17, 15) is 4.79 Å². The third-order valence-electron chi connectivity index (χ3n) is 2.53. The van der Waals surface area contributed by atoms with Crippen molar-refractivity contribution in [3.8, 4) is 0 Å². The molecular formula is C13H17ClN2OS. The first-order valence-corrected chi connectivity index (χ1v) is 6.64. The molecule has 0 fully saturated rings. The van der Waals surface area contributed by atoms with Gasteiger partial charge in [0.25, 0.3) is 0 Å². The van der Waals surface area contributed by atoms with E-state index in [1.165, 1.54) is 0 Å². The normalized spacial score (nSPS) is 11.9. The lowest BCUT2D eigenvalue weighted by molar-refractivity contribution is -0.120. The van der Waals surface area contributed by atoms with Crippen LogP contribution in [0.1, 0.15) is 25.3 Å². The first kappa shape index (κ1) is 14.9. The van der Waals surface area contributed by atoms with Crippen LogP contribution < -0.4 is 11.1 Å². The van der Waals surface area contributed by atoms with Crippen molar-refractivity contribution in [2.75, 3.05) is 0 Å². The molecule has 0 saturated heterocycles. The van der Waals surface area contributed by atoms with Crippen molar-refractivity contribution in [2.45, 2.75) is 32.2 Å². The molecule has 18 heavy (non-hydrogen) atoms. The minimum absolute atomic E-state index is 0.0800. The van der Waals surface area contributed by atoms with Gasteiger partial charge in [-0.15, -0.1) is 0 Å². The minimum atomic E-state index is -0.218. The second kappa shape index (κ2) is 7.34. The van der Waals surface area contributed by atoms with E-state index in [0.29, 0.717) is 16.4 Å². The summed E-state index contributed by atoms with van der Waals surface area (Å²) in [7, 11) is 0. The van der Waals surface area contributed by atoms with Gasteiger partial charge in [-0.05, 0) is 24.1 Å². The van der Waals surface area contributed by atoms with Crippen molar-refractivity contribution < 1.29 is 4.79 Å². The van der Waals surface area contributed by atoms with Crippen LogP contribution >= 0.6 is 23.8 Å². The molecule has 0 heterocycles. The zero-order valence-electron chi connectivity index (χ0n) is 10.3. The molecule has 1 amide bonds. The Morgan fingerprint density at radius 2 is 2.06 bits per heavy atom. The van der Waals surface area contributed by atoms with Crippen molar-refractivity contribution >= 4 is 34.7 Å². The van der Waals surface area contributed by atoms with Crippen LogP contribution in [0.3, 0.4) is 0 Å². The van der Waals surface area contributed by atoms with E-state index in [2.05, 4.69) is 5.32 Å². The fraction of sp³-hybridized carbons (Fsp3) is 0.385. The van der Waals surface area contributed by atoms with Gasteiger partial charge in [-0.1, -0.05) is 49.3 Å². The van der Waals surface area contributed by atoms with Crippen molar-refractivity contribution in [1.82, 2.24) is 5.32 Å². The number of halogens is 1. The first-order chi connectivity index (χ1) is 8.52. The quantitative estimate of drug-likeness (QED) is 0.789. The summed E-state index contributed by atoms with van der Waals surface area (Å²) in [5.74, 6) is -0.0800. The number of benzene rings is 1. The van der Waals surface area contributed by atoms with E-state index in [4.69, 9.17) is 29.6 Å². The molecule has 0 saturated carbocycles. The number of amides is 1. The second-order valence-electron chi connectivity index (χ2n) is 4.11. The molecule has 98 valence electrons. The molecule has 0 radical (unpaired) electrons. The summed E-state index contributed by atoms with van der Waals surface area (Å²) in [5.41, 5.74) is 6.50. The Labute approximate surface area is 118 Å². The number of thiocarbonyl (C=S) groups is 1. The maximum Gasteiger partial charge on any atom is 0.224 e. The third-order valence-corrected chi connectivity index (χ3v) is 3.07. The fourth-order valence-electron chi connectivity index (χ4n) is 1.61. The number of carbonyl (C=O) groups is 1. The summed E-state index contributed by atoms with van der Waals surface area (Å²) < 4.78 is 0. The average Bonchev–Trinajstić information content (AvgIpc) is 2.31. The Morgan fingerprint density at radius 1 is 1.44 bits per heavy atom. The van der Waals surface area contributed by atoms with Gasteiger partial charge in [0.15, 0.2) is 0 Å². The Kier molecular flexibility index (Phi) is 6.09. The predicted octanol–water partition coefficient (Wildman–Crippen LogP) is 2.45. The molecule has 5 heteroatoms. The molecule has 1 aromatic rings. The molecule has 0 aliphatic rings. The summed E-state index contributed by atoms with van der Waals surface area (Å²) in [6.45, 7) is 2.02. The molecule has 0 aliphatic heterocycles. The Morgan fingerprint density at radius 3 is 2.56 bits per heavy atom. The standard InChI is InChI=1S/C13H17ClN2OS/c1-2-3-11(13(15)18)16-12(17)8-9-4-6-10(14)7-5-9/h4-7,11H,2-3,8H2,1H3,(H2,15,18)(H,16,17). The van der Waals surface area contributed by atoms with E-state index in [-0.39, 0.29) is 11.9 Å². The summed E-state index contributed by atoms with van der Waals surface area (Å²) in [6.07, 6.45) is 1.99. The van der Waals surface area contributed by atoms with Gasteiger partial charge >= 0.3 is 0 Å².